The Hall–Kier alpha value is -0.910. The molecule has 0 fully saturated rings. The van der Waals surface area contributed by atoms with Gasteiger partial charge in [-0.3, -0.25) is 0 Å². The van der Waals surface area contributed by atoms with Crippen LogP contribution in [0.1, 0.15) is 6.42 Å². The summed E-state index contributed by atoms with van der Waals surface area (Å²) < 4.78 is 10.2. The number of nitrogens with zero attached hydrogens (tertiary/aromatic N) is 2. The van der Waals surface area contributed by atoms with E-state index in [1.807, 2.05) is 0 Å². The molecule has 0 aliphatic carbocycles. The summed E-state index contributed by atoms with van der Waals surface area (Å²) in [5.41, 5.74) is 0. The van der Waals surface area contributed by atoms with Crippen molar-refractivity contribution < 1.29 is 9.47 Å². The van der Waals surface area contributed by atoms with Gasteiger partial charge in [0, 0.05) is 20.3 Å². The highest BCUT2D eigenvalue weighted by atomic mass is 35.5. The average molecular weight is 246 g/mol. The highest BCUT2D eigenvalue weighted by Gasteiger charge is 1.95. The summed E-state index contributed by atoms with van der Waals surface area (Å²) in [5.74, 6) is 0.585. The number of methoxy groups -OCH3 is 1. The molecular formula is C10H16ClN3O2. The third kappa shape index (κ3) is 5.85. The fraction of sp³-hybridized carbons (Fsp3) is 0.600. The first-order valence-electron chi connectivity index (χ1n) is 5.11. The molecule has 1 aromatic heterocycles. The quantitative estimate of drug-likeness (QED) is 0.705. The van der Waals surface area contributed by atoms with Gasteiger partial charge in [-0.1, -0.05) is 11.6 Å². The highest BCUT2D eigenvalue weighted by molar-refractivity contribution is 6.30. The molecule has 0 aliphatic rings. The molecule has 0 bridgehead atoms. The van der Waals surface area contributed by atoms with Crippen molar-refractivity contribution in [2.75, 3.05) is 38.8 Å². The first kappa shape index (κ1) is 13.2. The van der Waals surface area contributed by atoms with Crippen LogP contribution in [0, 0.1) is 0 Å². The molecule has 90 valence electrons. The first-order valence-corrected chi connectivity index (χ1v) is 5.49. The van der Waals surface area contributed by atoms with Crippen molar-refractivity contribution in [3.63, 3.8) is 0 Å². The second-order valence-electron chi connectivity index (χ2n) is 3.11. The van der Waals surface area contributed by atoms with Crippen LogP contribution in [0.3, 0.4) is 0 Å². The van der Waals surface area contributed by atoms with Gasteiger partial charge in [-0.2, -0.15) is 0 Å². The van der Waals surface area contributed by atoms with Crippen LogP contribution in [0.2, 0.25) is 5.02 Å². The van der Waals surface area contributed by atoms with E-state index >= 15 is 0 Å². The Labute approximate surface area is 100 Å². The number of nitrogens with one attached hydrogen (secondary N) is 1. The molecule has 1 rings (SSSR count). The fourth-order valence-corrected chi connectivity index (χ4v) is 1.12. The van der Waals surface area contributed by atoms with E-state index in [1.54, 1.807) is 19.5 Å². The van der Waals surface area contributed by atoms with Crippen molar-refractivity contribution in [3.05, 3.63) is 17.4 Å². The topological polar surface area (TPSA) is 56.3 Å². The van der Waals surface area contributed by atoms with Gasteiger partial charge in [0.05, 0.1) is 30.6 Å². The van der Waals surface area contributed by atoms with Gasteiger partial charge in [-0.15, -0.1) is 0 Å². The number of ether oxygens (including phenoxy) is 2. The number of aromatic nitrogens is 2. The summed E-state index contributed by atoms with van der Waals surface area (Å²) in [6.45, 7) is 2.74. The van der Waals surface area contributed by atoms with Crippen LogP contribution >= 0.6 is 11.6 Å². The van der Waals surface area contributed by atoms with Crippen molar-refractivity contribution in [2.24, 2.45) is 0 Å². The second-order valence-corrected chi connectivity index (χ2v) is 3.55. The molecule has 0 saturated carbocycles. The minimum absolute atomic E-state index is 0.536. The molecular weight excluding hydrogens is 230 g/mol. The number of anilines is 1. The summed E-state index contributed by atoms with van der Waals surface area (Å²) in [6, 6.07) is 0. The average Bonchev–Trinajstić information content (AvgIpc) is 2.30. The zero-order valence-corrected chi connectivity index (χ0v) is 10.0. The molecule has 0 radical (unpaired) electrons. The SMILES string of the molecule is COCCOCCCNc1ncc(Cl)cn1. The Balaban J connectivity index is 2.01. The third-order valence-electron chi connectivity index (χ3n) is 1.80. The molecule has 5 nitrogen and oxygen atoms in total. The Kier molecular flexibility index (Phi) is 6.80. The van der Waals surface area contributed by atoms with E-state index < -0.39 is 0 Å². The van der Waals surface area contributed by atoms with Gasteiger partial charge < -0.3 is 14.8 Å². The van der Waals surface area contributed by atoms with Gasteiger partial charge >= 0.3 is 0 Å². The maximum absolute atomic E-state index is 5.66. The predicted octanol–water partition coefficient (Wildman–Crippen LogP) is 1.59. The second kappa shape index (κ2) is 8.27. The molecule has 0 aliphatic heterocycles. The van der Waals surface area contributed by atoms with Gasteiger partial charge in [0.15, 0.2) is 0 Å². The Morgan fingerprint density at radius 3 is 2.69 bits per heavy atom. The number of rotatable bonds is 8. The van der Waals surface area contributed by atoms with Gasteiger partial charge in [0.25, 0.3) is 0 Å². The lowest BCUT2D eigenvalue weighted by Crippen LogP contribution is -2.09. The van der Waals surface area contributed by atoms with Crippen molar-refractivity contribution in [3.8, 4) is 0 Å². The predicted molar refractivity (Wildman–Crippen MR) is 62.8 cm³/mol. The number of hydrogen-bond donors (Lipinski definition) is 1. The summed E-state index contributed by atoms with van der Waals surface area (Å²) in [4.78, 5) is 8.02. The van der Waals surface area contributed by atoms with Crippen molar-refractivity contribution in [2.45, 2.75) is 6.42 Å². The fourth-order valence-electron chi connectivity index (χ4n) is 1.02. The molecule has 0 aromatic carbocycles. The first-order chi connectivity index (χ1) is 7.83. The molecule has 1 N–H and O–H groups in total. The Morgan fingerprint density at radius 2 is 2.00 bits per heavy atom. The largest absolute Gasteiger partial charge is 0.382 e. The molecule has 0 spiro atoms. The van der Waals surface area contributed by atoms with E-state index in [1.165, 1.54) is 0 Å². The standard InChI is InChI=1S/C10H16ClN3O2/c1-15-5-6-16-4-2-3-12-10-13-7-9(11)8-14-10/h7-8H,2-6H2,1H3,(H,12,13,14). The van der Waals surface area contributed by atoms with Gasteiger partial charge in [0.1, 0.15) is 0 Å². The van der Waals surface area contributed by atoms with E-state index in [2.05, 4.69) is 15.3 Å². The van der Waals surface area contributed by atoms with Crippen molar-refractivity contribution in [1.29, 1.82) is 0 Å². The minimum Gasteiger partial charge on any atom is -0.382 e. The summed E-state index contributed by atoms with van der Waals surface area (Å²) in [6.07, 6.45) is 4.02. The summed E-state index contributed by atoms with van der Waals surface area (Å²) in [5, 5.41) is 3.61. The number of hydrogen-bond acceptors (Lipinski definition) is 5. The smallest absolute Gasteiger partial charge is 0.222 e. The molecule has 0 atom stereocenters. The minimum atomic E-state index is 0.536. The molecule has 0 saturated heterocycles. The van der Waals surface area contributed by atoms with Crippen molar-refractivity contribution >= 4 is 17.5 Å². The van der Waals surface area contributed by atoms with Crippen LogP contribution < -0.4 is 5.32 Å². The zero-order chi connectivity index (χ0) is 11.6. The Morgan fingerprint density at radius 1 is 1.25 bits per heavy atom. The summed E-state index contributed by atoms with van der Waals surface area (Å²) in [7, 11) is 1.66. The lowest BCUT2D eigenvalue weighted by molar-refractivity contribution is 0.0705. The van der Waals surface area contributed by atoms with E-state index in [0.29, 0.717) is 30.8 Å². The van der Waals surface area contributed by atoms with Crippen LogP contribution in [-0.4, -0.2) is 43.4 Å². The maximum Gasteiger partial charge on any atom is 0.222 e. The third-order valence-corrected chi connectivity index (χ3v) is 2.00. The zero-order valence-electron chi connectivity index (χ0n) is 9.28. The highest BCUT2D eigenvalue weighted by Crippen LogP contribution is 2.05. The Bertz CT molecular complexity index is 282. The lowest BCUT2D eigenvalue weighted by atomic mass is 10.4. The molecule has 1 aromatic rings. The van der Waals surface area contributed by atoms with Crippen molar-refractivity contribution in [1.82, 2.24) is 9.97 Å². The van der Waals surface area contributed by atoms with E-state index in [9.17, 15) is 0 Å². The van der Waals surface area contributed by atoms with Crippen LogP contribution in [0.15, 0.2) is 12.4 Å². The lowest BCUT2D eigenvalue weighted by Gasteiger charge is -2.05. The van der Waals surface area contributed by atoms with Crippen LogP contribution in [-0.2, 0) is 9.47 Å². The molecule has 0 amide bonds. The molecule has 6 heteroatoms. The van der Waals surface area contributed by atoms with Gasteiger partial charge in [0.2, 0.25) is 5.95 Å². The van der Waals surface area contributed by atoms with E-state index in [-0.39, 0.29) is 0 Å². The van der Waals surface area contributed by atoms with Crippen LogP contribution in [0.5, 0.6) is 0 Å². The van der Waals surface area contributed by atoms with E-state index in [0.717, 1.165) is 13.0 Å². The normalized spacial score (nSPS) is 10.4. The monoisotopic (exact) mass is 245 g/mol. The van der Waals surface area contributed by atoms with Crippen LogP contribution in [0.4, 0.5) is 5.95 Å². The summed E-state index contributed by atoms with van der Waals surface area (Å²) >= 11 is 5.66. The van der Waals surface area contributed by atoms with Crippen LogP contribution in [0.25, 0.3) is 0 Å². The van der Waals surface area contributed by atoms with Gasteiger partial charge in [-0.05, 0) is 6.42 Å². The molecule has 1 heterocycles. The molecule has 0 unspecified atom stereocenters. The van der Waals surface area contributed by atoms with E-state index in [4.69, 9.17) is 21.1 Å². The number of halogens is 1. The molecule has 16 heavy (non-hydrogen) atoms. The van der Waals surface area contributed by atoms with Gasteiger partial charge in [-0.25, -0.2) is 9.97 Å². The maximum atomic E-state index is 5.66.